The fraction of sp³-hybridized carbons (Fsp3) is 0.889. The molecule has 1 aliphatic rings. The first-order valence-electron chi connectivity index (χ1n) is 9.10. The van der Waals surface area contributed by atoms with E-state index in [1.807, 2.05) is 0 Å². The quantitative estimate of drug-likeness (QED) is 0.616. The van der Waals surface area contributed by atoms with Gasteiger partial charge in [-0.3, -0.25) is 9.59 Å². The highest BCUT2D eigenvalue weighted by molar-refractivity contribution is 5.69. The van der Waals surface area contributed by atoms with E-state index < -0.39 is 0 Å². The smallest absolute Gasteiger partial charge is 0.305 e. The molecule has 0 bridgehead atoms. The van der Waals surface area contributed by atoms with Gasteiger partial charge in [0, 0.05) is 19.3 Å². The minimum Gasteiger partial charge on any atom is -0.466 e. The molecule has 1 saturated heterocycles. The molecule has 0 atom stereocenters. The van der Waals surface area contributed by atoms with Crippen molar-refractivity contribution in [3.63, 3.8) is 0 Å². The summed E-state index contributed by atoms with van der Waals surface area (Å²) in [5, 5.41) is 0. The zero-order valence-electron chi connectivity index (χ0n) is 13.9. The number of esters is 2. The number of ether oxygens (including phenoxy) is 2. The predicted octanol–water partition coefficient (Wildman–Crippen LogP) is 4.55. The summed E-state index contributed by atoms with van der Waals surface area (Å²) in [5.74, 6) is -0.249. The highest BCUT2D eigenvalue weighted by Crippen LogP contribution is 2.13. The Morgan fingerprint density at radius 2 is 0.773 bits per heavy atom. The van der Waals surface area contributed by atoms with E-state index in [4.69, 9.17) is 9.47 Å². The van der Waals surface area contributed by atoms with Crippen LogP contribution in [0, 0.1) is 0 Å². The Morgan fingerprint density at radius 1 is 0.455 bits per heavy atom. The molecule has 1 aliphatic heterocycles. The molecule has 0 aliphatic carbocycles. The van der Waals surface area contributed by atoms with Crippen LogP contribution >= 0.6 is 0 Å². The zero-order valence-corrected chi connectivity index (χ0v) is 13.9. The molecule has 128 valence electrons. The third kappa shape index (κ3) is 11.6. The van der Waals surface area contributed by atoms with Crippen molar-refractivity contribution in [3.05, 3.63) is 0 Å². The second-order valence-electron chi connectivity index (χ2n) is 6.18. The van der Waals surface area contributed by atoms with Crippen LogP contribution in [0.3, 0.4) is 0 Å². The Balaban J connectivity index is 2.18. The van der Waals surface area contributed by atoms with Gasteiger partial charge in [0.2, 0.25) is 0 Å². The van der Waals surface area contributed by atoms with Gasteiger partial charge in [-0.2, -0.15) is 0 Å². The third-order valence-electron chi connectivity index (χ3n) is 4.08. The van der Waals surface area contributed by atoms with Gasteiger partial charge in [-0.25, -0.2) is 0 Å². The minimum absolute atomic E-state index is 0.124. The molecule has 22 heavy (non-hydrogen) atoms. The van der Waals surface area contributed by atoms with Gasteiger partial charge >= 0.3 is 11.9 Å². The average molecular weight is 312 g/mol. The molecule has 0 radical (unpaired) electrons. The second-order valence-corrected chi connectivity index (χ2v) is 6.18. The number of hydrogen-bond donors (Lipinski definition) is 0. The summed E-state index contributed by atoms with van der Waals surface area (Å²) in [6.07, 6.45) is 14.6. The number of carbonyl (C=O) groups is 2. The van der Waals surface area contributed by atoms with E-state index in [2.05, 4.69) is 0 Å². The molecule has 0 saturated carbocycles. The molecule has 0 aromatic heterocycles. The molecule has 1 rings (SSSR count). The van der Waals surface area contributed by atoms with Crippen molar-refractivity contribution in [1.82, 2.24) is 0 Å². The first-order chi connectivity index (χ1) is 10.8. The van der Waals surface area contributed by atoms with E-state index in [-0.39, 0.29) is 11.9 Å². The Labute approximate surface area is 134 Å². The van der Waals surface area contributed by atoms with Gasteiger partial charge < -0.3 is 9.47 Å². The summed E-state index contributed by atoms with van der Waals surface area (Å²) in [6.45, 7) is 0.707. The first kappa shape index (κ1) is 19.0. The summed E-state index contributed by atoms with van der Waals surface area (Å²) >= 11 is 0. The molecule has 0 spiro atoms. The van der Waals surface area contributed by atoms with Crippen LogP contribution < -0.4 is 0 Å². The molecule has 0 aromatic carbocycles. The van der Waals surface area contributed by atoms with Gasteiger partial charge in [0.25, 0.3) is 0 Å². The van der Waals surface area contributed by atoms with Gasteiger partial charge in [-0.15, -0.1) is 0 Å². The molecule has 1 fully saturated rings. The summed E-state index contributed by atoms with van der Waals surface area (Å²) < 4.78 is 10.3. The summed E-state index contributed by atoms with van der Waals surface area (Å²) in [4.78, 5) is 23.0. The Kier molecular flexibility index (Phi) is 11.7. The van der Waals surface area contributed by atoms with Crippen LogP contribution in [0.15, 0.2) is 0 Å². The molecule has 0 N–H and O–H groups in total. The van der Waals surface area contributed by atoms with Gasteiger partial charge in [0.1, 0.15) is 0 Å². The fourth-order valence-corrected chi connectivity index (χ4v) is 2.70. The van der Waals surface area contributed by atoms with Crippen molar-refractivity contribution in [2.24, 2.45) is 0 Å². The van der Waals surface area contributed by atoms with E-state index in [9.17, 15) is 9.59 Å². The molecule has 4 heteroatoms. The molecule has 1 heterocycles. The molecule has 4 nitrogen and oxygen atoms in total. The summed E-state index contributed by atoms with van der Waals surface area (Å²) in [7, 11) is 0. The molecule has 0 unspecified atom stereocenters. The van der Waals surface area contributed by atoms with Crippen LogP contribution in [0.5, 0.6) is 0 Å². The first-order valence-corrected chi connectivity index (χ1v) is 9.10. The summed E-state index contributed by atoms with van der Waals surface area (Å²) in [6, 6.07) is 0. The average Bonchev–Trinajstić information content (AvgIpc) is 2.50. The topological polar surface area (TPSA) is 52.6 Å². The predicted molar refractivity (Wildman–Crippen MR) is 86.6 cm³/mol. The lowest BCUT2D eigenvalue weighted by Gasteiger charge is -2.07. The lowest BCUT2D eigenvalue weighted by atomic mass is 10.0. The van der Waals surface area contributed by atoms with Gasteiger partial charge in [0.15, 0.2) is 0 Å². The molecular formula is C18H32O4. The third-order valence-corrected chi connectivity index (χ3v) is 4.08. The van der Waals surface area contributed by atoms with Crippen molar-refractivity contribution in [2.45, 2.75) is 89.9 Å². The van der Waals surface area contributed by atoms with Crippen LogP contribution in [-0.4, -0.2) is 25.2 Å². The number of cyclic esters (lactones) is 2. The fourth-order valence-electron chi connectivity index (χ4n) is 2.70. The maximum Gasteiger partial charge on any atom is 0.305 e. The second kappa shape index (κ2) is 13.6. The number of rotatable bonds is 0. The standard InChI is InChI=1S/C18H32O4/c19-17-13-10-8-6-4-2-1-3-5-7-9-11-14-18(20)22-16-12-15-21-17/h1-16H2. The Hall–Kier alpha value is -1.06. The highest BCUT2D eigenvalue weighted by Gasteiger charge is 2.05. The van der Waals surface area contributed by atoms with Crippen molar-refractivity contribution >= 4 is 11.9 Å². The monoisotopic (exact) mass is 312 g/mol. The largest absolute Gasteiger partial charge is 0.466 e. The van der Waals surface area contributed by atoms with E-state index >= 15 is 0 Å². The van der Waals surface area contributed by atoms with Crippen molar-refractivity contribution < 1.29 is 19.1 Å². The summed E-state index contributed by atoms with van der Waals surface area (Å²) in [5.41, 5.74) is 0. The van der Waals surface area contributed by atoms with Crippen LogP contribution in [0.2, 0.25) is 0 Å². The molecular weight excluding hydrogens is 280 g/mol. The number of hydrogen-bond acceptors (Lipinski definition) is 4. The zero-order chi connectivity index (χ0) is 15.9. The molecule has 0 aromatic rings. The van der Waals surface area contributed by atoms with Gasteiger partial charge in [0.05, 0.1) is 13.2 Å². The molecule has 0 amide bonds. The van der Waals surface area contributed by atoms with E-state index in [1.54, 1.807) is 0 Å². The Morgan fingerprint density at radius 3 is 1.14 bits per heavy atom. The van der Waals surface area contributed by atoms with Crippen LogP contribution in [-0.2, 0) is 19.1 Å². The van der Waals surface area contributed by atoms with E-state index in [0.29, 0.717) is 32.5 Å². The van der Waals surface area contributed by atoms with Gasteiger partial charge in [-0.05, 0) is 12.8 Å². The maximum atomic E-state index is 11.5. The van der Waals surface area contributed by atoms with Crippen molar-refractivity contribution in [2.75, 3.05) is 13.2 Å². The normalized spacial score (nSPS) is 22.4. The minimum atomic E-state index is -0.124. The van der Waals surface area contributed by atoms with Gasteiger partial charge in [-0.1, -0.05) is 57.8 Å². The van der Waals surface area contributed by atoms with Crippen LogP contribution in [0.1, 0.15) is 89.9 Å². The lowest BCUT2D eigenvalue weighted by Crippen LogP contribution is -2.10. The van der Waals surface area contributed by atoms with Crippen LogP contribution in [0.4, 0.5) is 0 Å². The maximum absolute atomic E-state index is 11.5. The van der Waals surface area contributed by atoms with Crippen molar-refractivity contribution in [3.8, 4) is 0 Å². The van der Waals surface area contributed by atoms with Crippen LogP contribution in [0.25, 0.3) is 0 Å². The lowest BCUT2D eigenvalue weighted by molar-refractivity contribution is -0.146. The van der Waals surface area contributed by atoms with E-state index in [0.717, 1.165) is 25.7 Å². The SMILES string of the molecule is O=C1CCCCCCCCCCCCCC(=O)OCCCO1. The number of carbonyl (C=O) groups excluding carboxylic acids is 2. The van der Waals surface area contributed by atoms with Crippen molar-refractivity contribution in [1.29, 1.82) is 0 Å². The highest BCUT2D eigenvalue weighted by atomic mass is 16.5. The van der Waals surface area contributed by atoms with E-state index in [1.165, 1.54) is 44.9 Å². The Bertz CT molecular complexity index is 273.